The van der Waals surface area contributed by atoms with E-state index in [1.807, 2.05) is 12.1 Å². The van der Waals surface area contributed by atoms with Gasteiger partial charge in [-0.3, -0.25) is 14.5 Å². The Morgan fingerprint density at radius 1 is 1.07 bits per heavy atom. The number of sulfonamides is 1. The number of nitrogens with one attached hydrogen (secondary N) is 1. The van der Waals surface area contributed by atoms with Crippen molar-refractivity contribution < 1.29 is 8.42 Å². The SMILES string of the molecule is Cn1cc(S(=O)(=O)NC2CCC(n3nc(-c4ccncc4)ccc3=O)CC2)cn1. The van der Waals surface area contributed by atoms with E-state index in [2.05, 4.69) is 19.9 Å². The van der Waals surface area contributed by atoms with Gasteiger partial charge in [0.05, 0.1) is 17.9 Å². The topological polar surface area (TPSA) is 112 Å². The number of aryl methyl sites for hydroxylation is 1. The van der Waals surface area contributed by atoms with Gasteiger partial charge in [-0.2, -0.15) is 10.2 Å². The molecule has 0 saturated heterocycles. The zero-order valence-electron chi connectivity index (χ0n) is 16.0. The summed E-state index contributed by atoms with van der Waals surface area (Å²) >= 11 is 0. The van der Waals surface area contributed by atoms with Crippen molar-refractivity contribution >= 4 is 10.0 Å². The van der Waals surface area contributed by atoms with Crippen LogP contribution in [0.3, 0.4) is 0 Å². The molecule has 1 aliphatic carbocycles. The first-order valence-corrected chi connectivity index (χ1v) is 10.9. The molecule has 1 saturated carbocycles. The minimum Gasteiger partial charge on any atom is -0.274 e. The van der Waals surface area contributed by atoms with Gasteiger partial charge in [-0.1, -0.05) is 0 Å². The summed E-state index contributed by atoms with van der Waals surface area (Å²) in [5.41, 5.74) is 1.46. The van der Waals surface area contributed by atoms with Crippen LogP contribution in [-0.2, 0) is 17.1 Å². The Bertz CT molecular complexity index is 1150. The average Bonchev–Trinajstić information content (AvgIpc) is 3.17. The Balaban J connectivity index is 1.45. The second-order valence-electron chi connectivity index (χ2n) is 7.21. The maximum Gasteiger partial charge on any atom is 0.267 e. The summed E-state index contributed by atoms with van der Waals surface area (Å²) in [6, 6.07) is 6.71. The molecule has 3 aromatic rings. The molecule has 9 nitrogen and oxygen atoms in total. The van der Waals surface area contributed by atoms with Gasteiger partial charge in [0, 0.05) is 43.3 Å². The van der Waals surface area contributed by atoms with E-state index < -0.39 is 10.0 Å². The van der Waals surface area contributed by atoms with Crippen LogP contribution in [0.2, 0.25) is 0 Å². The zero-order valence-corrected chi connectivity index (χ0v) is 16.8. The zero-order chi connectivity index (χ0) is 20.4. The summed E-state index contributed by atoms with van der Waals surface area (Å²) in [6.45, 7) is 0. The number of rotatable bonds is 5. The molecule has 0 atom stereocenters. The number of hydrogen-bond acceptors (Lipinski definition) is 6. The van der Waals surface area contributed by atoms with Crippen LogP contribution < -0.4 is 10.3 Å². The predicted molar refractivity (Wildman–Crippen MR) is 107 cm³/mol. The first-order valence-electron chi connectivity index (χ1n) is 9.43. The lowest BCUT2D eigenvalue weighted by molar-refractivity contribution is 0.286. The maximum atomic E-state index is 12.5. The van der Waals surface area contributed by atoms with Crippen molar-refractivity contribution in [2.24, 2.45) is 7.05 Å². The molecule has 29 heavy (non-hydrogen) atoms. The van der Waals surface area contributed by atoms with Crippen LogP contribution in [0.25, 0.3) is 11.3 Å². The highest BCUT2D eigenvalue weighted by molar-refractivity contribution is 7.89. The van der Waals surface area contributed by atoms with E-state index in [9.17, 15) is 13.2 Å². The van der Waals surface area contributed by atoms with Crippen LogP contribution >= 0.6 is 0 Å². The standard InChI is InChI=1S/C19H22N6O3S/c1-24-13-17(12-21-24)29(27,28)23-15-2-4-16(5-3-15)25-19(26)7-6-18(22-25)14-8-10-20-11-9-14/h6-13,15-16,23H,2-5H2,1H3. The summed E-state index contributed by atoms with van der Waals surface area (Å²) in [5.74, 6) is 0. The van der Waals surface area contributed by atoms with Crippen LogP contribution in [0, 0.1) is 0 Å². The van der Waals surface area contributed by atoms with E-state index in [1.165, 1.54) is 27.8 Å². The molecule has 1 aliphatic rings. The molecule has 0 spiro atoms. The van der Waals surface area contributed by atoms with Gasteiger partial charge in [0.25, 0.3) is 5.56 Å². The highest BCUT2D eigenvalue weighted by atomic mass is 32.2. The van der Waals surface area contributed by atoms with Crippen molar-refractivity contribution in [1.29, 1.82) is 0 Å². The first kappa shape index (κ1) is 19.5. The predicted octanol–water partition coefficient (Wildman–Crippen LogP) is 1.50. The van der Waals surface area contributed by atoms with E-state index in [0.717, 1.165) is 5.56 Å². The Morgan fingerprint density at radius 2 is 1.79 bits per heavy atom. The van der Waals surface area contributed by atoms with Crippen molar-refractivity contribution in [2.45, 2.75) is 42.7 Å². The summed E-state index contributed by atoms with van der Waals surface area (Å²) in [4.78, 5) is 16.5. The third-order valence-electron chi connectivity index (χ3n) is 5.16. The van der Waals surface area contributed by atoms with Gasteiger partial charge >= 0.3 is 0 Å². The highest BCUT2D eigenvalue weighted by Crippen LogP contribution is 2.28. The van der Waals surface area contributed by atoms with Crippen molar-refractivity contribution in [3.63, 3.8) is 0 Å². The first-order chi connectivity index (χ1) is 13.9. The Hall–Kier alpha value is -2.85. The molecule has 0 aliphatic heterocycles. The number of pyridine rings is 1. The smallest absolute Gasteiger partial charge is 0.267 e. The van der Waals surface area contributed by atoms with Crippen LogP contribution in [0.5, 0.6) is 0 Å². The van der Waals surface area contributed by atoms with Gasteiger partial charge in [0.1, 0.15) is 4.90 Å². The molecule has 0 aromatic carbocycles. The van der Waals surface area contributed by atoms with Crippen molar-refractivity contribution in [3.05, 3.63) is 59.4 Å². The summed E-state index contributed by atoms with van der Waals surface area (Å²) in [5, 5.41) is 8.46. The second kappa shape index (κ2) is 7.88. The molecule has 1 N–H and O–H groups in total. The molecule has 3 heterocycles. The second-order valence-corrected chi connectivity index (χ2v) is 8.93. The summed E-state index contributed by atoms with van der Waals surface area (Å²) < 4.78 is 30.7. The van der Waals surface area contributed by atoms with E-state index >= 15 is 0 Å². The Labute approximate surface area is 168 Å². The average molecular weight is 414 g/mol. The fourth-order valence-corrected chi connectivity index (χ4v) is 4.91. The third kappa shape index (κ3) is 4.28. The fourth-order valence-electron chi connectivity index (χ4n) is 3.63. The molecule has 3 aromatic heterocycles. The van der Waals surface area contributed by atoms with Crippen molar-refractivity contribution in [1.82, 2.24) is 29.3 Å². The van der Waals surface area contributed by atoms with E-state index in [4.69, 9.17) is 0 Å². The minimum atomic E-state index is -3.60. The number of hydrogen-bond donors (Lipinski definition) is 1. The van der Waals surface area contributed by atoms with Gasteiger partial charge in [-0.05, 0) is 43.9 Å². The molecule has 0 unspecified atom stereocenters. The normalized spacial score (nSPS) is 19.9. The van der Waals surface area contributed by atoms with E-state index in [-0.39, 0.29) is 22.5 Å². The van der Waals surface area contributed by atoms with Crippen LogP contribution in [0.4, 0.5) is 0 Å². The van der Waals surface area contributed by atoms with Crippen molar-refractivity contribution in [2.75, 3.05) is 0 Å². The lowest BCUT2D eigenvalue weighted by atomic mass is 9.92. The molecular formula is C19H22N6O3S. The van der Waals surface area contributed by atoms with Gasteiger partial charge < -0.3 is 0 Å². The van der Waals surface area contributed by atoms with Gasteiger partial charge in [-0.25, -0.2) is 17.8 Å². The molecule has 10 heteroatoms. The van der Waals surface area contributed by atoms with Gasteiger partial charge in [0.2, 0.25) is 10.0 Å². The van der Waals surface area contributed by atoms with Crippen LogP contribution in [-0.4, -0.2) is 39.0 Å². The monoisotopic (exact) mass is 414 g/mol. The molecule has 0 bridgehead atoms. The van der Waals surface area contributed by atoms with Gasteiger partial charge in [-0.15, -0.1) is 0 Å². The highest BCUT2D eigenvalue weighted by Gasteiger charge is 2.28. The maximum absolute atomic E-state index is 12.5. The molecule has 0 radical (unpaired) electrons. The Kier molecular flexibility index (Phi) is 5.29. The molecule has 4 rings (SSSR count). The molecule has 152 valence electrons. The van der Waals surface area contributed by atoms with E-state index in [0.29, 0.717) is 31.4 Å². The quantitative estimate of drug-likeness (QED) is 0.677. The van der Waals surface area contributed by atoms with E-state index in [1.54, 1.807) is 25.5 Å². The lowest BCUT2D eigenvalue weighted by Crippen LogP contribution is -2.39. The Morgan fingerprint density at radius 3 is 2.45 bits per heavy atom. The fraction of sp³-hybridized carbons (Fsp3) is 0.368. The molecule has 1 fully saturated rings. The largest absolute Gasteiger partial charge is 0.274 e. The summed E-state index contributed by atoms with van der Waals surface area (Å²) in [7, 11) is -1.92. The minimum absolute atomic E-state index is 0.0524. The molecule has 0 amide bonds. The van der Waals surface area contributed by atoms with Crippen LogP contribution in [0.15, 0.2) is 58.7 Å². The molecular weight excluding hydrogens is 392 g/mol. The lowest BCUT2D eigenvalue weighted by Gasteiger charge is -2.29. The van der Waals surface area contributed by atoms with Crippen LogP contribution in [0.1, 0.15) is 31.7 Å². The number of nitrogens with zero attached hydrogens (tertiary/aromatic N) is 5. The van der Waals surface area contributed by atoms with Gasteiger partial charge in [0.15, 0.2) is 0 Å². The third-order valence-corrected chi connectivity index (χ3v) is 6.63. The summed E-state index contributed by atoms with van der Waals surface area (Å²) in [6.07, 6.45) is 8.80. The number of aromatic nitrogens is 5. The van der Waals surface area contributed by atoms with Crippen molar-refractivity contribution in [3.8, 4) is 11.3 Å².